The number of carbonyl (C=O) groups is 1. The molecule has 0 spiro atoms. The molecule has 1 N–H and O–H groups in total. The number of carbonyl (C=O) groups excluding carboxylic acids is 1. The molecule has 1 aromatic carbocycles. The first-order chi connectivity index (χ1) is 11.1. The molecule has 7 nitrogen and oxygen atoms in total. The van der Waals surface area contributed by atoms with Gasteiger partial charge >= 0.3 is 5.97 Å². The van der Waals surface area contributed by atoms with Gasteiger partial charge in [0.05, 0.1) is 6.61 Å². The van der Waals surface area contributed by atoms with Crippen molar-refractivity contribution in [1.82, 2.24) is 15.1 Å². The van der Waals surface area contributed by atoms with Gasteiger partial charge < -0.3 is 14.6 Å². The molecule has 118 valence electrons. The molecule has 3 aromatic rings. The van der Waals surface area contributed by atoms with Gasteiger partial charge in [-0.2, -0.15) is 4.98 Å². The van der Waals surface area contributed by atoms with Gasteiger partial charge in [-0.1, -0.05) is 22.8 Å². The van der Waals surface area contributed by atoms with E-state index in [-0.39, 0.29) is 18.0 Å². The molecule has 0 atom stereocenters. The van der Waals surface area contributed by atoms with Crippen molar-refractivity contribution in [2.75, 3.05) is 11.9 Å². The average molecular weight is 333 g/mol. The number of anilines is 2. The molecule has 0 radical (unpaired) electrons. The number of esters is 1. The maximum absolute atomic E-state index is 12.0. The van der Waals surface area contributed by atoms with E-state index in [1.807, 2.05) is 13.0 Å². The summed E-state index contributed by atoms with van der Waals surface area (Å²) >= 11 is 6.03. The molecule has 2 aromatic heterocycles. The van der Waals surface area contributed by atoms with Crippen LogP contribution in [0.3, 0.4) is 0 Å². The van der Waals surface area contributed by atoms with Crippen molar-refractivity contribution < 1.29 is 14.1 Å². The van der Waals surface area contributed by atoms with Crippen molar-refractivity contribution in [2.24, 2.45) is 0 Å². The molecule has 3 rings (SSSR count). The number of benzene rings is 1. The van der Waals surface area contributed by atoms with Gasteiger partial charge in [-0.05, 0) is 31.5 Å². The summed E-state index contributed by atoms with van der Waals surface area (Å²) in [7, 11) is 0. The summed E-state index contributed by atoms with van der Waals surface area (Å²) in [5.74, 6) is -0.198. The second kappa shape index (κ2) is 6.21. The van der Waals surface area contributed by atoms with Gasteiger partial charge in [0.15, 0.2) is 0 Å². The van der Waals surface area contributed by atoms with Crippen LogP contribution in [0.25, 0.3) is 11.1 Å². The Morgan fingerprint density at radius 3 is 3.00 bits per heavy atom. The molecular weight excluding hydrogens is 320 g/mol. The number of halogens is 1. The molecule has 0 saturated carbocycles. The highest BCUT2D eigenvalue weighted by atomic mass is 35.5. The highest BCUT2D eigenvalue weighted by Gasteiger charge is 2.22. The maximum Gasteiger partial charge on any atom is 0.361 e. The van der Waals surface area contributed by atoms with Gasteiger partial charge in [-0.25, -0.2) is 9.78 Å². The van der Waals surface area contributed by atoms with Crippen molar-refractivity contribution in [3.05, 3.63) is 40.8 Å². The van der Waals surface area contributed by atoms with Crippen molar-refractivity contribution in [1.29, 1.82) is 0 Å². The van der Waals surface area contributed by atoms with Crippen LogP contribution in [0.5, 0.6) is 0 Å². The average Bonchev–Trinajstić information content (AvgIpc) is 2.96. The van der Waals surface area contributed by atoms with Gasteiger partial charge in [-0.15, -0.1) is 0 Å². The molecule has 0 amide bonds. The summed E-state index contributed by atoms with van der Waals surface area (Å²) < 4.78 is 10.1. The van der Waals surface area contributed by atoms with E-state index in [9.17, 15) is 4.79 Å². The molecule has 0 saturated heterocycles. The van der Waals surface area contributed by atoms with Crippen LogP contribution >= 0.6 is 11.6 Å². The smallest absolute Gasteiger partial charge is 0.361 e. The molecule has 0 bridgehead atoms. The maximum atomic E-state index is 12.0. The number of rotatable bonds is 4. The van der Waals surface area contributed by atoms with E-state index in [1.54, 1.807) is 19.1 Å². The topological polar surface area (TPSA) is 90.1 Å². The summed E-state index contributed by atoms with van der Waals surface area (Å²) in [5, 5.41) is 7.82. The Morgan fingerprint density at radius 1 is 1.39 bits per heavy atom. The third-order valence-electron chi connectivity index (χ3n) is 3.19. The largest absolute Gasteiger partial charge is 0.461 e. The fraction of sp³-hybridized carbons (Fsp3) is 0.200. The van der Waals surface area contributed by atoms with Crippen LogP contribution < -0.4 is 5.32 Å². The Kier molecular flexibility index (Phi) is 4.12. The van der Waals surface area contributed by atoms with E-state index >= 15 is 0 Å². The monoisotopic (exact) mass is 332 g/mol. The van der Waals surface area contributed by atoms with Gasteiger partial charge in [0.2, 0.25) is 5.69 Å². The van der Waals surface area contributed by atoms with Gasteiger partial charge in [0.1, 0.15) is 17.5 Å². The van der Waals surface area contributed by atoms with E-state index in [2.05, 4.69) is 20.4 Å². The van der Waals surface area contributed by atoms with Crippen LogP contribution in [0.4, 0.5) is 11.5 Å². The number of aryl methyl sites for hydroxylation is 1. The first-order valence-corrected chi connectivity index (χ1v) is 7.28. The summed E-state index contributed by atoms with van der Waals surface area (Å²) in [6, 6.07) is 5.44. The number of hydrogen-bond donors (Lipinski definition) is 1. The van der Waals surface area contributed by atoms with Crippen LogP contribution in [-0.4, -0.2) is 27.7 Å². The standard InChI is InChI=1S/C15H13ClN4O3/c1-3-22-15(21)12-11-13(17-7-18-14(11)23-20-12)19-10-6-9(16)5-4-8(10)2/h4-7H,3H2,1-2H3,(H,17,18,19). The molecule has 8 heteroatoms. The van der Waals surface area contributed by atoms with Crippen molar-refractivity contribution >= 4 is 40.2 Å². The quantitative estimate of drug-likeness (QED) is 0.731. The first kappa shape index (κ1) is 15.2. The molecular formula is C15H13ClN4O3. The Balaban J connectivity index is 2.08. The molecule has 0 unspecified atom stereocenters. The van der Waals surface area contributed by atoms with E-state index in [0.717, 1.165) is 11.3 Å². The van der Waals surface area contributed by atoms with Crippen molar-refractivity contribution in [3.63, 3.8) is 0 Å². The zero-order valence-electron chi connectivity index (χ0n) is 12.5. The van der Waals surface area contributed by atoms with Crippen LogP contribution in [0.2, 0.25) is 5.02 Å². The van der Waals surface area contributed by atoms with Crippen LogP contribution in [0.1, 0.15) is 23.0 Å². The predicted octanol–water partition coefficient (Wildman–Crippen LogP) is 3.50. The Bertz CT molecular complexity index is 878. The summed E-state index contributed by atoms with van der Waals surface area (Å²) in [6.07, 6.45) is 1.32. The van der Waals surface area contributed by atoms with E-state index < -0.39 is 5.97 Å². The van der Waals surface area contributed by atoms with Gasteiger partial charge in [0, 0.05) is 10.7 Å². The zero-order valence-corrected chi connectivity index (χ0v) is 13.2. The zero-order chi connectivity index (χ0) is 16.4. The van der Waals surface area contributed by atoms with Crippen molar-refractivity contribution in [2.45, 2.75) is 13.8 Å². The lowest BCUT2D eigenvalue weighted by molar-refractivity contribution is 0.0517. The molecule has 0 aliphatic heterocycles. The first-order valence-electron chi connectivity index (χ1n) is 6.90. The molecule has 2 heterocycles. The van der Waals surface area contributed by atoms with Gasteiger partial charge in [-0.3, -0.25) is 0 Å². The van der Waals surface area contributed by atoms with Gasteiger partial charge in [0.25, 0.3) is 5.71 Å². The number of nitrogens with zero attached hydrogens (tertiary/aromatic N) is 3. The van der Waals surface area contributed by atoms with Crippen LogP contribution in [0, 0.1) is 6.92 Å². The van der Waals surface area contributed by atoms with Crippen LogP contribution in [-0.2, 0) is 4.74 Å². The highest BCUT2D eigenvalue weighted by molar-refractivity contribution is 6.30. The van der Waals surface area contributed by atoms with E-state index in [1.165, 1.54) is 6.33 Å². The minimum atomic E-state index is -0.591. The highest BCUT2D eigenvalue weighted by Crippen LogP contribution is 2.29. The lowest BCUT2D eigenvalue weighted by atomic mass is 10.2. The second-order valence-corrected chi connectivity index (χ2v) is 5.17. The summed E-state index contributed by atoms with van der Waals surface area (Å²) in [5.41, 5.74) is 1.96. The lowest BCUT2D eigenvalue weighted by Gasteiger charge is -2.09. The summed E-state index contributed by atoms with van der Waals surface area (Å²) in [4.78, 5) is 20.1. The second-order valence-electron chi connectivity index (χ2n) is 4.74. The fourth-order valence-corrected chi connectivity index (χ4v) is 2.25. The Hall–Kier alpha value is -2.67. The third kappa shape index (κ3) is 2.95. The minimum Gasteiger partial charge on any atom is -0.461 e. The van der Waals surface area contributed by atoms with E-state index in [0.29, 0.717) is 16.2 Å². The molecule has 0 aliphatic rings. The minimum absolute atomic E-state index is 0.0321. The third-order valence-corrected chi connectivity index (χ3v) is 3.43. The summed E-state index contributed by atoms with van der Waals surface area (Å²) in [6.45, 7) is 3.87. The molecule has 0 fully saturated rings. The number of fused-ring (bicyclic) bond motifs is 1. The number of hydrogen-bond acceptors (Lipinski definition) is 7. The molecule has 0 aliphatic carbocycles. The lowest BCUT2D eigenvalue weighted by Crippen LogP contribution is -2.07. The molecule has 23 heavy (non-hydrogen) atoms. The number of nitrogens with one attached hydrogen (secondary N) is 1. The number of aromatic nitrogens is 3. The fourth-order valence-electron chi connectivity index (χ4n) is 2.08. The predicted molar refractivity (Wildman–Crippen MR) is 85.0 cm³/mol. The Morgan fingerprint density at radius 2 is 2.22 bits per heavy atom. The normalized spacial score (nSPS) is 10.7. The van der Waals surface area contributed by atoms with E-state index in [4.69, 9.17) is 20.9 Å². The van der Waals surface area contributed by atoms with Crippen molar-refractivity contribution in [3.8, 4) is 0 Å². The number of ether oxygens (including phenoxy) is 1. The Labute approximate surface area is 136 Å². The SMILES string of the molecule is CCOC(=O)c1noc2ncnc(Nc3cc(Cl)ccc3C)c12. The van der Waals surface area contributed by atoms with Crippen LogP contribution in [0.15, 0.2) is 29.0 Å².